The summed E-state index contributed by atoms with van der Waals surface area (Å²) in [5.41, 5.74) is 5.14. The average Bonchev–Trinajstić information content (AvgIpc) is 2.37. The standard InChI is InChI=1S/C13H9BrF2N2O/c14-7-4-5-9(15)11(6-7)18-13(19)8-2-1-3-10(16)12(8)17/h1-6H,17H2,(H,18,19). The largest absolute Gasteiger partial charge is 0.396 e. The molecule has 98 valence electrons. The number of halogens is 3. The molecular weight excluding hydrogens is 318 g/mol. The Kier molecular flexibility index (Phi) is 3.80. The van der Waals surface area contributed by atoms with Crippen molar-refractivity contribution in [3.63, 3.8) is 0 Å². The van der Waals surface area contributed by atoms with Gasteiger partial charge in [-0.15, -0.1) is 0 Å². The third-order valence-corrected chi connectivity index (χ3v) is 2.97. The van der Waals surface area contributed by atoms with Crippen LogP contribution in [0.2, 0.25) is 0 Å². The van der Waals surface area contributed by atoms with Crippen molar-refractivity contribution in [3.05, 3.63) is 58.1 Å². The smallest absolute Gasteiger partial charge is 0.257 e. The Morgan fingerprint density at radius 1 is 1.16 bits per heavy atom. The normalized spacial score (nSPS) is 10.3. The van der Waals surface area contributed by atoms with Gasteiger partial charge in [0.05, 0.1) is 16.9 Å². The van der Waals surface area contributed by atoms with Gasteiger partial charge in [-0.25, -0.2) is 8.78 Å². The summed E-state index contributed by atoms with van der Waals surface area (Å²) in [5, 5.41) is 2.34. The Labute approximate surface area is 116 Å². The van der Waals surface area contributed by atoms with E-state index >= 15 is 0 Å². The Hall–Kier alpha value is -1.95. The van der Waals surface area contributed by atoms with E-state index in [1.807, 2.05) is 0 Å². The van der Waals surface area contributed by atoms with Crippen LogP contribution in [0, 0.1) is 11.6 Å². The number of hydrogen-bond donors (Lipinski definition) is 2. The van der Waals surface area contributed by atoms with Crippen LogP contribution >= 0.6 is 15.9 Å². The highest BCUT2D eigenvalue weighted by Crippen LogP contribution is 2.22. The van der Waals surface area contributed by atoms with E-state index in [0.717, 1.165) is 6.07 Å². The minimum Gasteiger partial charge on any atom is -0.396 e. The number of carbonyl (C=O) groups is 1. The number of nitrogens with two attached hydrogens (primary N) is 1. The van der Waals surface area contributed by atoms with Crippen molar-refractivity contribution in [3.8, 4) is 0 Å². The van der Waals surface area contributed by atoms with E-state index in [4.69, 9.17) is 5.73 Å². The van der Waals surface area contributed by atoms with Crippen LogP contribution in [0.1, 0.15) is 10.4 Å². The molecule has 0 aliphatic heterocycles. The van der Waals surface area contributed by atoms with E-state index in [1.165, 1.54) is 30.3 Å². The first-order valence-electron chi connectivity index (χ1n) is 5.29. The zero-order chi connectivity index (χ0) is 14.0. The molecule has 6 heteroatoms. The fourth-order valence-electron chi connectivity index (χ4n) is 1.52. The SMILES string of the molecule is Nc1c(F)cccc1C(=O)Nc1cc(Br)ccc1F. The summed E-state index contributed by atoms with van der Waals surface area (Å²) < 4.78 is 27.3. The lowest BCUT2D eigenvalue weighted by atomic mass is 10.1. The van der Waals surface area contributed by atoms with Gasteiger partial charge in [0, 0.05) is 4.47 Å². The van der Waals surface area contributed by atoms with Crippen LogP contribution in [-0.4, -0.2) is 5.91 Å². The number of nitrogens with one attached hydrogen (secondary N) is 1. The van der Waals surface area contributed by atoms with Crippen molar-refractivity contribution < 1.29 is 13.6 Å². The maximum Gasteiger partial charge on any atom is 0.257 e. The Bertz CT molecular complexity index is 647. The van der Waals surface area contributed by atoms with Gasteiger partial charge in [0.1, 0.15) is 11.6 Å². The van der Waals surface area contributed by atoms with Gasteiger partial charge in [-0.2, -0.15) is 0 Å². The van der Waals surface area contributed by atoms with Crippen molar-refractivity contribution in [1.82, 2.24) is 0 Å². The van der Waals surface area contributed by atoms with Crippen molar-refractivity contribution in [2.75, 3.05) is 11.1 Å². The number of nitrogen functional groups attached to an aromatic ring is 1. The molecule has 0 unspecified atom stereocenters. The van der Waals surface area contributed by atoms with Crippen LogP contribution in [0.4, 0.5) is 20.2 Å². The third-order valence-electron chi connectivity index (χ3n) is 2.47. The molecule has 0 radical (unpaired) electrons. The quantitative estimate of drug-likeness (QED) is 0.829. The van der Waals surface area contributed by atoms with Crippen LogP contribution < -0.4 is 11.1 Å². The van der Waals surface area contributed by atoms with Gasteiger partial charge in [0.25, 0.3) is 5.91 Å². The Balaban J connectivity index is 2.31. The van der Waals surface area contributed by atoms with E-state index in [9.17, 15) is 13.6 Å². The second-order valence-corrected chi connectivity index (χ2v) is 4.70. The molecule has 2 rings (SSSR count). The lowest BCUT2D eigenvalue weighted by molar-refractivity contribution is 0.102. The molecule has 0 saturated carbocycles. The van der Waals surface area contributed by atoms with Crippen LogP contribution in [0.3, 0.4) is 0 Å². The second kappa shape index (κ2) is 5.36. The van der Waals surface area contributed by atoms with Crippen LogP contribution in [0.25, 0.3) is 0 Å². The molecule has 3 nitrogen and oxygen atoms in total. The van der Waals surface area contributed by atoms with E-state index in [0.29, 0.717) is 4.47 Å². The number of para-hydroxylation sites is 1. The number of anilines is 2. The van der Waals surface area contributed by atoms with Gasteiger partial charge in [0.2, 0.25) is 0 Å². The fourth-order valence-corrected chi connectivity index (χ4v) is 1.88. The molecule has 1 amide bonds. The summed E-state index contributed by atoms with van der Waals surface area (Å²) in [5.74, 6) is -1.96. The second-order valence-electron chi connectivity index (χ2n) is 3.78. The van der Waals surface area contributed by atoms with E-state index in [2.05, 4.69) is 21.2 Å². The predicted octanol–water partition coefficient (Wildman–Crippen LogP) is 3.56. The van der Waals surface area contributed by atoms with Gasteiger partial charge < -0.3 is 11.1 Å². The Morgan fingerprint density at radius 3 is 2.63 bits per heavy atom. The number of benzene rings is 2. The number of carbonyl (C=O) groups excluding carboxylic acids is 1. The summed E-state index contributed by atoms with van der Waals surface area (Å²) in [6.07, 6.45) is 0. The average molecular weight is 327 g/mol. The number of rotatable bonds is 2. The van der Waals surface area contributed by atoms with Crippen LogP contribution in [0.5, 0.6) is 0 Å². The third kappa shape index (κ3) is 2.90. The van der Waals surface area contributed by atoms with E-state index in [1.54, 1.807) is 0 Å². The van der Waals surface area contributed by atoms with Gasteiger partial charge in [-0.05, 0) is 30.3 Å². The molecule has 0 fully saturated rings. The van der Waals surface area contributed by atoms with E-state index < -0.39 is 17.5 Å². The highest BCUT2D eigenvalue weighted by molar-refractivity contribution is 9.10. The minimum atomic E-state index is -0.692. The summed E-state index contributed by atoms with van der Waals surface area (Å²) >= 11 is 3.17. The van der Waals surface area contributed by atoms with Gasteiger partial charge in [-0.3, -0.25) is 4.79 Å². The minimum absolute atomic E-state index is 0.0111. The zero-order valence-corrected chi connectivity index (χ0v) is 11.2. The zero-order valence-electron chi connectivity index (χ0n) is 9.58. The lowest BCUT2D eigenvalue weighted by Crippen LogP contribution is -2.15. The van der Waals surface area contributed by atoms with Crippen molar-refractivity contribution >= 4 is 33.2 Å². The van der Waals surface area contributed by atoms with Crippen molar-refractivity contribution in [2.45, 2.75) is 0 Å². The molecule has 0 saturated heterocycles. The summed E-state index contributed by atoms with van der Waals surface area (Å²) in [7, 11) is 0. The first-order chi connectivity index (χ1) is 8.99. The summed E-state index contributed by atoms with van der Waals surface area (Å²) in [4.78, 5) is 11.9. The molecule has 0 aromatic heterocycles. The van der Waals surface area contributed by atoms with Crippen LogP contribution in [0.15, 0.2) is 40.9 Å². The number of hydrogen-bond acceptors (Lipinski definition) is 2. The molecule has 2 aromatic carbocycles. The molecule has 0 aliphatic rings. The predicted molar refractivity (Wildman–Crippen MR) is 72.9 cm³/mol. The highest BCUT2D eigenvalue weighted by atomic mass is 79.9. The lowest BCUT2D eigenvalue weighted by Gasteiger charge is -2.09. The van der Waals surface area contributed by atoms with Crippen molar-refractivity contribution in [2.24, 2.45) is 0 Å². The maximum absolute atomic E-state index is 13.5. The molecular formula is C13H9BrF2N2O. The van der Waals surface area contributed by atoms with Gasteiger partial charge >= 0.3 is 0 Å². The molecule has 2 aromatic rings. The monoisotopic (exact) mass is 326 g/mol. The van der Waals surface area contributed by atoms with E-state index in [-0.39, 0.29) is 16.9 Å². The van der Waals surface area contributed by atoms with Crippen LogP contribution in [-0.2, 0) is 0 Å². The first-order valence-corrected chi connectivity index (χ1v) is 6.08. The molecule has 0 aliphatic carbocycles. The maximum atomic E-state index is 13.5. The molecule has 0 atom stereocenters. The Morgan fingerprint density at radius 2 is 1.89 bits per heavy atom. The molecule has 19 heavy (non-hydrogen) atoms. The molecule has 0 bridgehead atoms. The van der Waals surface area contributed by atoms with Crippen molar-refractivity contribution in [1.29, 1.82) is 0 Å². The van der Waals surface area contributed by atoms with Gasteiger partial charge in [-0.1, -0.05) is 22.0 Å². The number of amides is 1. The highest BCUT2D eigenvalue weighted by Gasteiger charge is 2.14. The van der Waals surface area contributed by atoms with Gasteiger partial charge in [0.15, 0.2) is 0 Å². The summed E-state index contributed by atoms with van der Waals surface area (Å²) in [6, 6.07) is 7.98. The fraction of sp³-hybridized carbons (Fsp3) is 0. The summed E-state index contributed by atoms with van der Waals surface area (Å²) in [6.45, 7) is 0. The topological polar surface area (TPSA) is 55.1 Å². The molecule has 3 N–H and O–H groups in total. The molecule has 0 heterocycles. The molecule has 0 spiro atoms. The first kappa shape index (κ1) is 13.5.